The molecule has 1 atom stereocenters. The van der Waals surface area contributed by atoms with Crippen LogP contribution in [0.5, 0.6) is 0 Å². The van der Waals surface area contributed by atoms with Crippen molar-refractivity contribution in [3.05, 3.63) is 30.1 Å². The molecule has 4 N–H and O–H groups in total. The zero-order chi connectivity index (χ0) is 13.1. The van der Waals surface area contributed by atoms with E-state index in [1.807, 2.05) is 0 Å². The molecule has 1 amide bonds. The number of hydrogen-bond acceptors (Lipinski definition) is 4. The Morgan fingerprint density at radius 2 is 2.22 bits per heavy atom. The molecular formula is C11H11N3O4. The molecule has 2 rings (SSSR count). The van der Waals surface area contributed by atoms with Crippen molar-refractivity contribution >= 4 is 22.9 Å². The number of carbonyl (C=O) groups is 2. The van der Waals surface area contributed by atoms with Crippen molar-refractivity contribution in [2.45, 2.75) is 6.10 Å². The Labute approximate surface area is 101 Å². The van der Waals surface area contributed by atoms with Gasteiger partial charge in [-0.1, -0.05) is 0 Å². The molecule has 7 heteroatoms. The predicted molar refractivity (Wildman–Crippen MR) is 62.1 cm³/mol. The van der Waals surface area contributed by atoms with Crippen LogP contribution in [0, 0.1) is 0 Å². The second kappa shape index (κ2) is 4.84. The van der Waals surface area contributed by atoms with Gasteiger partial charge in [0, 0.05) is 5.56 Å². The number of aliphatic hydroxyl groups excluding tert-OH is 1. The van der Waals surface area contributed by atoms with Gasteiger partial charge in [0.15, 0.2) is 6.10 Å². The summed E-state index contributed by atoms with van der Waals surface area (Å²) in [6.07, 6.45) is -0.0922. The summed E-state index contributed by atoms with van der Waals surface area (Å²) in [6, 6.07) is 4.85. The number of imidazole rings is 1. The minimum atomic E-state index is -1.61. The minimum absolute atomic E-state index is 0.338. The molecule has 2 aromatic rings. The first-order valence-electron chi connectivity index (χ1n) is 5.20. The van der Waals surface area contributed by atoms with Gasteiger partial charge in [-0.05, 0) is 18.2 Å². The summed E-state index contributed by atoms with van der Waals surface area (Å²) in [7, 11) is 0. The second-order valence-electron chi connectivity index (χ2n) is 3.70. The van der Waals surface area contributed by atoms with E-state index in [9.17, 15) is 9.59 Å². The van der Waals surface area contributed by atoms with Gasteiger partial charge >= 0.3 is 5.97 Å². The SMILES string of the molecule is O=C(NCC(O)C(=O)O)c1ccc2nc[nH]c2c1. The molecule has 0 fully saturated rings. The molecule has 0 saturated carbocycles. The maximum absolute atomic E-state index is 11.7. The highest BCUT2D eigenvalue weighted by molar-refractivity contribution is 5.97. The van der Waals surface area contributed by atoms with E-state index in [1.165, 1.54) is 6.33 Å². The first-order chi connectivity index (χ1) is 8.58. The van der Waals surface area contributed by atoms with Crippen molar-refractivity contribution in [1.29, 1.82) is 0 Å². The Morgan fingerprint density at radius 3 is 2.94 bits per heavy atom. The number of fused-ring (bicyclic) bond motifs is 1. The third-order valence-corrected chi connectivity index (χ3v) is 2.42. The van der Waals surface area contributed by atoms with E-state index < -0.39 is 18.0 Å². The number of aromatic nitrogens is 2. The number of rotatable bonds is 4. The van der Waals surface area contributed by atoms with Crippen LogP contribution in [-0.2, 0) is 4.79 Å². The van der Waals surface area contributed by atoms with Crippen molar-refractivity contribution in [3.63, 3.8) is 0 Å². The maximum atomic E-state index is 11.7. The number of hydrogen-bond donors (Lipinski definition) is 4. The van der Waals surface area contributed by atoms with Gasteiger partial charge in [0.1, 0.15) is 0 Å². The normalized spacial score (nSPS) is 12.3. The molecule has 1 aromatic heterocycles. The number of carbonyl (C=O) groups excluding carboxylic acids is 1. The molecule has 1 heterocycles. The Morgan fingerprint density at radius 1 is 1.44 bits per heavy atom. The van der Waals surface area contributed by atoms with E-state index in [4.69, 9.17) is 10.2 Å². The van der Waals surface area contributed by atoms with Gasteiger partial charge < -0.3 is 20.5 Å². The third kappa shape index (κ3) is 2.46. The number of H-pyrrole nitrogens is 1. The minimum Gasteiger partial charge on any atom is -0.479 e. The first kappa shape index (κ1) is 12.1. The van der Waals surface area contributed by atoms with E-state index in [0.717, 1.165) is 5.52 Å². The highest BCUT2D eigenvalue weighted by Crippen LogP contribution is 2.11. The molecule has 0 aliphatic heterocycles. The molecule has 0 saturated heterocycles. The fourth-order valence-corrected chi connectivity index (χ4v) is 1.46. The summed E-state index contributed by atoms with van der Waals surface area (Å²) in [5.41, 5.74) is 1.81. The number of aliphatic carboxylic acids is 1. The Kier molecular flexibility index (Phi) is 3.24. The van der Waals surface area contributed by atoms with E-state index in [1.54, 1.807) is 18.2 Å². The zero-order valence-corrected chi connectivity index (χ0v) is 9.25. The molecular weight excluding hydrogens is 238 g/mol. The van der Waals surface area contributed by atoms with Crippen molar-refractivity contribution in [2.24, 2.45) is 0 Å². The fourth-order valence-electron chi connectivity index (χ4n) is 1.46. The molecule has 0 spiro atoms. The van der Waals surface area contributed by atoms with Gasteiger partial charge in [-0.15, -0.1) is 0 Å². The molecule has 0 bridgehead atoms. The van der Waals surface area contributed by atoms with Crippen LogP contribution in [0.3, 0.4) is 0 Å². The number of carboxylic acid groups (broad SMARTS) is 1. The van der Waals surface area contributed by atoms with E-state index in [0.29, 0.717) is 11.1 Å². The Hall–Kier alpha value is -2.41. The summed E-state index contributed by atoms with van der Waals surface area (Å²) >= 11 is 0. The number of nitrogens with zero attached hydrogens (tertiary/aromatic N) is 1. The number of amides is 1. The number of aliphatic hydroxyl groups is 1. The number of carboxylic acids is 1. The summed E-state index contributed by atoms with van der Waals surface area (Å²) in [4.78, 5) is 28.9. The van der Waals surface area contributed by atoms with Gasteiger partial charge in [-0.3, -0.25) is 4.79 Å². The molecule has 0 aliphatic carbocycles. The number of nitrogens with one attached hydrogen (secondary N) is 2. The molecule has 18 heavy (non-hydrogen) atoms. The molecule has 7 nitrogen and oxygen atoms in total. The summed E-state index contributed by atoms with van der Waals surface area (Å²) in [5.74, 6) is -1.83. The van der Waals surface area contributed by atoms with E-state index in [2.05, 4.69) is 15.3 Å². The van der Waals surface area contributed by atoms with Crippen LogP contribution in [0.15, 0.2) is 24.5 Å². The summed E-state index contributed by atoms with van der Waals surface area (Å²) < 4.78 is 0. The molecule has 94 valence electrons. The lowest BCUT2D eigenvalue weighted by Crippen LogP contribution is -2.36. The molecule has 0 aliphatic rings. The first-order valence-corrected chi connectivity index (χ1v) is 5.20. The van der Waals surface area contributed by atoms with Crippen molar-refractivity contribution < 1.29 is 19.8 Å². The predicted octanol–water partition coefficient (Wildman–Crippen LogP) is -0.262. The van der Waals surface area contributed by atoms with Crippen LogP contribution in [-0.4, -0.2) is 44.7 Å². The van der Waals surface area contributed by atoms with Crippen molar-refractivity contribution in [1.82, 2.24) is 15.3 Å². The van der Waals surface area contributed by atoms with Crippen LogP contribution in [0.2, 0.25) is 0 Å². The highest BCUT2D eigenvalue weighted by Gasteiger charge is 2.15. The van der Waals surface area contributed by atoms with E-state index in [-0.39, 0.29) is 6.54 Å². The number of benzene rings is 1. The summed E-state index contributed by atoms with van der Waals surface area (Å²) in [6.45, 7) is -0.338. The lowest BCUT2D eigenvalue weighted by molar-refractivity contribution is -0.146. The lowest BCUT2D eigenvalue weighted by atomic mass is 10.2. The van der Waals surface area contributed by atoms with Crippen LogP contribution in [0.25, 0.3) is 11.0 Å². The molecule has 0 radical (unpaired) electrons. The quantitative estimate of drug-likeness (QED) is 0.595. The topological polar surface area (TPSA) is 115 Å². The smallest absolute Gasteiger partial charge is 0.334 e. The second-order valence-corrected chi connectivity index (χ2v) is 3.70. The van der Waals surface area contributed by atoms with Crippen LogP contribution in [0.4, 0.5) is 0 Å². The Balaban J connectivity index is 2.06. The van der Waals surface area contributed by atoms with Crippen molar-refractivity contribution in [3.8, 4) is 0 Å². The van der Waals surface area contributed by atoms with Gasteiger partial charge in [0.05, 0.1) is 23.9 Å². The highest BCUT2D eigenvalue weighted by atomic mass is 16.4. The lowest BCUT2D eigenvalue weighted by Gasteiger charge is -2.07. The third-order valence-electron chi connectivity index (χ3n) is 2.42. The fraction of sp³-hybridized carbons (Fsp3) is 0.182. The molecule has 1 aromatic carbocycles. The van der Waals surface area contributed by atoms with Crippen LogP contribution >= 0.6 is 0 Å². The zero-order valence-electron chi connectivity index (χ0n) is 9.25. The van der Waals surface area contributed by atoms with E-state index >= 15 is 0 Å². The maximum Gasteiger partial charge on any atom is 0.334 e. The van der Waals surface area contributed by atoms with Gasteiger partial charge in [-0.2, -0.15) is 0 Å². The van der Waals surface area contributed by atoms with Crippen molar-refractivity contribution in [2.75, 3.05) is 6.54 Å². The van der Waals surface area contributed by atoms with Crippen LogP contribution < -0.4 is 5.32 Å². The standard InChI is InChI=1S/C11H11N3O4/c15-9(11(17)18)4-12-10(16)6-1-2-7-8(3-6)14-5-13-7/h1-3,5,9,15H,4H2,(H,12,16)(H,13,14)(H,17,18). The number of aromatic amines is 1. The summed E-state index contributed by atoms with van der Waals surface area (Å²) in [5, 5.41) is 19.8. The average Bonchev–Trinajstić information content (AvgIpc) is 2.82. The molecule has 1 unspecified atom stereocenters. The largest absolute Gasteiger partial charge is 0.479 e. The van der Waals surface area contributed by atoms with Gasteiger partial charge in [0.2, 0.25) is 0 Å². The van der Waals surface area contributed by atoms with Crippen LogP contribution in [0.1, 0.15) is 10.4 Å². The van der Waals surface area contributed by atoms with Gasteiger partial charge in [0.25, 0.3) is 5.91 Å². The monoisotopic (exact) mass is 249 g/mol. The Bertz CT molecular complexity index is 593. The van der Waals surface area contributed by atoms with Gasteiger partial charge in [-0.25, -0.2) is 9.78 Å². The average molecular weight is 249 g/mol.